The Kier molecular flexibility index (Phi) is 4.83. The van der Waals surface area contributed by atoms with Gasteiger partial charge in [0.1, 0.15) is 17.6 Å². The predicted molar refractivity (Wildman–Crippen MR) is 92.0 cm³/mol. The molecule has 1 aromatic rings. The summed E-state index contributed by atoms with van der Waals surface area (Å²) < 4.78 is 5.49. The summed E-state index contributed by atoms with van der Waals surface area (Å²) in [6, 6.07) is 0.794. The first-order valence-corrected chi connectivity index (χ1v) is 8.32. The Hall–Kier alpha value is -2.31. The number of aromatic hydroxyl groups is 2. The summed E-state index contributed by atoms with van der Waals surface area (Å²) in [5.74, 6) is -1.68. The number of nitrogens with one attached hydrogen (secondary N) is 1. The number of ether oxygens (including phenoxy) is 1. The third-order valence-electron chi connectivity index (χ3n) is 4.18. The van der Waals surface area contributed by atoms with Crippen molar-refractivity contribution in [1.29, 1.82) is 0 Å². The van der Waals surface area contributed by atoms with Crippen molar-refractivity contribution >= 4 is 23.3 Å². The van der Waals surface area contributed by atoms with Gasteiger partial charge in [0.2, 0.25) is 0 Å². The van der Waals surface area contributed by atoms with Crippen LogP contribution in [0.15, 0.2) is 30.4 Å². The number of phenolic OH excluding ortho intramolecular Hbond substituents is 2. The monoisotopic (exact) mass is 363 g/mol. The van der Waals surface area contributed by atoms with Crippen LogP contribution in [0.3, 0.4) is 0 Å². The number of epoxide rings is 1. The summed E-state index contributed by atoms with van der Waals surface area (Å²) in [6.07, 6.45) is 6.92. The van der Waals surface area contributed by atoms with Crippen LogP contribution in [0, 0.1) is 0 Å². The van der Waals surface area contributed by atoms with Crippen molar-refractivity contribution in [3.63, 3.8) is 0 Å². The standard InChI is InChI=1S/C18H18ClNO5/c1-9-6-15-14(25-15)5-3-2-4-10(21)7-11-16(18(24)20-9)12(22)8-13(23)17(11)19/h2-5,8-9,14-15,22-23H,6-7H2,1H3,(H,20,24). The van der Waals surface area contributed by atoms with Crippen LogP contribution in [-0.2, 0) is 16.0 Å². The summed E-state index contributed by atoms with van der Waals surface area (Å²) in [6.45, 7) is 1.83. The van der Waals surface area contributed by atoms with Crippen molar-refractivity contribution in [3.8, 4) is 11.5 Å². The van der Waals surface area contributed by atoms with Crippen LogP contribution >= 0.6 is 11.6 Å². The van der Waals surface area contributed by atoms with E-state index < -0.39 is 11.7 Å². The highest BCUT2D eigenvalue weighted by molar-refractivity contribution is 6.33. The molecule has 0 aliphatic carbocycles. The molecule has 1 aromatic carbocycles. The second-order valence-electron chi connectivity index (χ2n) is 6.22. The van der Waals surface area contributed by atoms with E-state index in [4.69, 9.17) is 16.3 Å². The average molecular weight is 364 g/mol. The van der Waals surface area contributed by atoms with Gasteiger partial charge in [0.15, 0.2) is 5.78 Å². The zero-order chi connectivity index (χ0) is 18.1. The Morgan fingerprint density at radius 2 is 2.00 bits per heavy atom. The molecule has 1 saturated heterocycles. The second-order valence-corrected chi connectivity index (χ2v) is 6.60. The summed E-state index contributed by atoms with van der Waals surface area (Å²) in [4.78, 5) is 24.7. The number of halogens is 1. The molecule has 0 radical (unpaired) electrons. The van der Waals surface area contributed by atoms with E-state index in [0.717, 1.165) is 6.07 Å². The molecular formula is C18H18ClNO5. The largest absolute Gasteiger partial charge is 0.507 e. The third-order valence-corrected chi connectivity index (χ3v) is 4.60. The first-order valence-electron chi connectivity index (χ1n) is 7.94. The van der Waals surface area contributed by atoms with Crippen LogP contribution < -0.4 is 5.32 Å². The third kappa shape index (κ3) is 3.86. The van der Waals surface area contributed by atoms with Crippen molar-refractivity contribution in [2.45, 2.75) is 38.0 Å². The molecule has 2 heterocycles. The van der Waals surface area contributed by atoms with Gasteiger partial charge in [-0.2, -0.15) is 0 Å². The summed E-state index contributed by atoms with van der Waals surface area (Å²) in [5.41, 5.74) is -0.00243. The molecule has 0 aromatic heterocycles. The van der Waals surface area contributed by atoms with Crippen molar-refractivity contribution in [2.24, 2.45) is 0 Å². The molecule has 3 unspecified atom stereocenters. The molecule has 3 rings (SSSR count). The fraction of sp³-hybridized carbons (Fsp3) is 0.333. The van der Waals surface area contributed by atoms with Gasteiger partial charge in [0, 0.05) is 18.5 Å². The van der Waals surface area contributed by atoms with E-state index in [-0.39, 0.29) is 52.4 Å². The number of carbonyl (C=O) groups is 2. The number of rotatable bonds is 0. The maximum absolute atomic E-state index is 12.6. The van der Waals surface area contributed by atoms with Crippen LogP contribution in [0.4, 0.5) is 0 Å². The smallest absolute Gasteiger partial charge is 0.255 e. The van der Waals surface area contributed by atoms with E-state index in [9.17, 15) is 19.8 Å². The van der Waals surface area contributed by atoms with Gasteiger partial charge in [0.05, 0.1) is 16.7 Å². The zero-order valence-corrected chi connectivity index (χ0v) is 14.3. The van der Waals surface area contributed by atoms with Gasteiger partial charge in [-0.05, 0) is 25.0 Å². The van der Waals surface area contributed by atoms with E-state index in [1.165, 1.54) is 6.08 Å². The molecular weight excluding hydrogens is 346 g/mol. The zero-order valence-electron chi connectivity index (χ0n) is 13.5. The lowest BCUT2D eigenvalue weighted by atomic mass is 9.98. The molecule has 0 spiro atoms. The number of hydrogen-bond acceptors (Lipinski definition) is 5. The summed E-state index contributed by atoms with van der Waals surface area (Å²) in [7, 11) is 0. The molecule has 3 atom stereocenters. The Balaban J connectivity index is 2.01. The van der Waals surface area contributed by atoms with E-state index in [0.29, 0.717) is 6.42 Å². The highest BCUT2D eigenvalue weighted by Crippen LogP contribution is 2.37. The molecule has 0 bridgehead atoms. The molecule has 7 heteroatoms. The minimum absolute atomic E-state index is 0.00932. The van der Waals surface area contributed by atoms with Crippen LogP contribution in [0.5, 0.6) is 11.5 Å². The van der Waals surface area contributed by atoms with Crippen molar-refractivity contribution in [3.05, 3.63) is 46.5 Å². The Labute approximate surface area is 149 Å². The van der Waals surface area contributed by atoms with Gasteiger partial charge in [-0.1, -0.05) is 29.8 Å². The van der Waals surface area contributed by atoms with Gasteiger partial charge in [0.25, 0.3) is 5.91 Å². The average Bonchev–Trinajstić information content (AvgIpc) is 3.25. The first-order chi connectivity index (χ1) is 11.9. The number of hydrogen-bond donors (Lipinski definition) is 3. The molecule has 1 fully saturated rings. The molecule has 0 saturated carbocycles. The Morgan fingerprint density at radius 1 is 1.24 bits per heavy atom. The highest BCUT2D eigenvalue weighted by atomic mass is 35.5. The molecule has 2 aliphatic heterocycles. The van der Waals surface area contributed by atoms with Crippen LogP contribution in [0.1, 0.15) is 29.3 Å². The maximum atomic E-state index is 12.6. The molecule has 2 aliphatic rings. The number of amides is 1. The number of phenols is 2. The van der Waals surface area contributed by atoms with Gasteiger partial charge >= 0.3 is 0 Å². The summed E-state index contributed by atoms with van der Waals surface area (Å²) >= 11 is 6.08. The van der Waals surface area contributed by atoms with E-state index in [1.54, 1.807) is 12.2 Å². The van der Waals surface area contributed by atoms with Crippen LogP contribution in [0.25, 0.3) is 0 Å². The molecule has 1 amide bonds. The molecule has 25 heavy (non-hydrogen) atoms. The lowest BCUT2D eigenvalue weighted by Crippen LogP contribution is -2.34. The molecule has 6 nitrogen and oxygen atoms in total. The topological polar surface area (TPSA) is 99.2 Å². The lowest BCUT2D eigenvalue weighted by Gasteiger charge is -2.17. The minimum Gasteiger partial charge on any atom is -0.507 e. The van der Waals surface area contributed by atoms with E-state index >= 15 is 0 Å². The number of ketones is 1. The van der Waals surface area contributed by atoms with Crippen LogP contribution in [-0.4, -0.2) is 40.2 Å². The normalized spacial score (nSPS) is 26.4. The van der Waals surface area contributed by atoms with E-state index in [2.05, 4.69) is 5.32 Å². The van der Waals surface area contributed by atoms with Gasteiger partial charge in [-0.15, -0.1) is 0 Å². The van der Waals surface area contributed by atoms with Gasteiger partial charge in [-0.3, -0.25) is 9.59 Å². The fourth-order valence-corrected chi connectivity index (χ4v) is 3.11. The first kappa shape index (κ1) is 17.5. The summed E-state index contributed by atoms with van der Waals surface area (Å²) in [5, 5.41) is 22.6. The Bertz CT molecular complexity index is 786. The number of allylic oxidation sites excluding steroid dienone is 3. The van der Waals surface area contributed by atoms with Gasteiger partial charge < -0.3 is 20.3 Å². The minimum atomic E-state index is -0.552. The van der Waals surface area contributed by atoms with Crippen molar-refractivity contribution < 1.29 is 24.5 Å². The second kappa shape index (κ2) is 6.90. The van der Waals surface area contributed by atoms with Crippen LogP contribution in [0.2, 0.25) is 5.02 Å². The molecule has 3 N–H and O–H groups in total. The van der Waals surface area contributed by atoms with Crippen molar-refractivity contribution in [1.82, 2.24) is 5.32 Å². The fourth-order valence-electron chi connectivity index (χ4n) is 2.89. The highest BCUT2D eigenvalue weighted by Gasteiger charge is 2.37. The molecule has 132 valence electrons. The van der Waals surface area contributed by atoms with Crippen molar-refractivity contribution in [2.75, 3.05) is 0 Å². The number of carbonyl (C=O) groups excluding carboxylic acids is 2. The quantitative estimate of drug-likeness (QED) is 0.614. The number of benzene rings is 1. The lowest BCUT2D eigenvalue weighted by molar-refractivity contribution is -0.114. The van der Waals surface area contributed by atoms with Gasteiger partial charge in [-0.25, -0.2) is 0 Å². The van der Waals surface area contributed by atoms with E-state index in [1.807, 2.05) is 13.0 Å². The number of fused-ring (bicyclic) bond motifs is 2. The SMILES string of the molecule is CC1CC2OC2C=CC=CC(=O)Cc2c(Cl)c(O)cc(O)c2C(=O)N1. The maximum Gasteiger partial charge on any atom is 0.255 e. The predicted octanol–water partition coefficient (Wildman–Crippen LogP) is 2.26. The Morgan fingerprint density at radius 3 is 2.76 bits per heavy atom.